The molecule has 0 bridgehead atoms. The van der Waals surface area contributed by atoms with Crippen LogP contribution in [-0.2, 0) is 5.41 Å². The molecule has 0 spiro atoms. The molecule has 1 aromatic heterocycles. The van der Waals surface area contributed by atoms with Crippen LogP contribution >= 0.6 is 0 Å². The van der Waals surface area contributed by atoms with Crippen LogP contribution in [0.1, 0.15) is 25.0 Å². The molecule has 0 amide bonds. The van der Waals surface area contributed by atoms with Gasteiger partial charge in [-0.25, -0.2) is 0 Å². The molecule has 0 radical (unpaired) electrons. The Hall–Kier alpha value is -4.36. The van der Waals surface area contributed by atoms with E-state index in [0.717, 1.165) is 0 Å². The Kier molecular flexibility index (Phi) is 3.79. The summed E-state index contributed by atoms with van der Waals surface area (Å²) in [4.78, 5) is 0. The van der Waals surface area contributed by atoms with Crippen LogP contribution in [0.5, 0.6) is 0 Å². The number of hydrogen-bond donors (Lipinski definition) is 0. The van der Waals surface area contributed by atoms with Gasteiger partial charge in [-0.15, -0.1) is 0 Å². The fraction of sp³-hybridized carbons (Fsp3) is 0.0857. The van der Waals surface area contributed by atoms with E-state index < -0.39 is 0 Å². The molecular weight excluding hydrogens is 434 g/mol. The summed E-state index contributed by atoms with van der Waals surface area (Å²) in [5.41, 5.74) is 9.29. The minimum atomic E-state index is -0.0698. The number of para-hydroxylation sites is 2. The van der Waals surface area contributed by atoms with E-state index in [0.29, 0.717) is 0 Å². The number of rotatable bonds is 1. The Morgan fingerprint density at radius 1 is 0.500 bits per heavy atom. The first kappa shape index (κ1) is 19.9. The predicted octanol–water partition coefficient (Wildman–Crippen LogP) is 9.40. The van der Waals surface area contributed by atoms with Gasteiger partial charge in [0.1, 0.15) is 0 Å². The van der Waals surface area contributed by atoms with E-state index in [-0.39, 0.29) is 5.41 Å². The van der Waals surface area contributed by atoms with Gasteiger partial charge in [-0.3, -0.25) is 0 Å². The Bertz CT molecular complexity index is 2000. The second-order valence-electron chi connectivity index (χ2n) is 10.5. The van der Waals surface area contributed by atoms with Crippen molar-refractivity contribution in [2.75, 3.05) is 0 Å². The van der Waals surface area contributed by atoms with Gasteiger partial charge in [0.2, 0.25) is 0 Å². The van der Waals surface area contributed by atoms with Crippen molar-refractivity contribution < 1.29 is 0 Å². The molecule has 0 aliphatic heterocycles. The van der Waals surface area contributed by atoms with Gasteiger partial charge in [-0.05, 0) is 56.6 Å². The largest absolute Gasteiger partial charge is 0.309 e. The van der Waals surface area contributed by atoms with E-state index in [1.807, 2.05) is 0 Å². The average molecular weight is 460 g/mol. The highest BCUT2D eigenvalue weighted by molar-refractivity contribution is 6.33. The summed E-state index contributed by atoms with van der Waals surface area (Å²) in [6.45, 7) is 4.78. The first-order valence-corrected chi connectivity index (χ1v) is 12.7. The molecule has 7 aromatic rings. The topological polar surface area (TPSA) is 4.93 Å². The number of aromatic nitrogens is 1. The van der Waals surface area contributed by atoms with Crippen LogP contribution in [0.25, 0.3) is 60.2 Å². The van der Waals surface area contributed by atoms with Crippen LogP contribution in [0.3, 0.4) is 0 Å². The van der Waals surface area contributed by atoms with E-state index in [1.165, 1.54) is 71.3 Å². The quantitative estimate of drug-likeness (QED) is 0.215. The van der Waals surface area contributed by atoms with Crippen LogP contribution in [0, 0.1) is 0 Å². The van der Waals surface area contributed by atoms with Gasteiger partial charge in [0.25, 0.3) is 0 Å². The summed E-state index contributed by atoms with van der Waals surface area (Å²) in [7, 11) is 0. The molecule has 1 aliphatic rings. The summed E-state index contributed by atoms with van der Waals surface area (Å²) in [5, 5.41) is 8.03. The average Bonchev–Trinajstić information content (AvgIpc) is 3.39. The van der Waals surface area contributed by atoms with Crippen LogP contribution in [-0.4, -0.2) is 4.57 Å². The lowest BCUT2D eigenvalue weighted by molar-refractivity contribution is 0.666. The molecule has 170 valence electrons. The van der Waals surface area contributed by atoms with Crippen molar-refractivity contribution in [2.45, 2.75) is 19.3 Å². The Labute approximate surface area is 210 Å². The molecule has 1 aliphatic carbocycles. The first-order valence-electron chi connectivity index (χ1n) is 12.7. The molecule has 0 saturated heterocycles. The third kappa shape index (κ3) is 2.35. The van der Waals surface area contributed by atoms with Gasteiger partial charge in [0, 0.05) is 27.3 Å². The lowest BCUT2D eigenvalue weighted by Gasteiger charge is -2.24. The van der Waals surface area contributed by atoms with E-state index in [9.17, 15) is 0 Å². The highest BCUT2D eigenvalue weighted by atomic mass is 15.0. The first-order chi connectivity index (χ1) is 17.7. The third-order valence-corrected chi connectivity index (χ3v) is 8.33. The van der Waals surface area contributed by atoms with Crippen LogP contribution in [0.15, 0.2) is 115 Å². The van der Waals surface area contributed by atoms with Crippen LogP contribution in [0.2, 0.25) is 0 Å². The fourth-order valence-corrected chi connectivity index (χ4v) is 6.88. The SMILES string of the molecule is CC1(C)c2ccccc2-c2ccc3c(c21)c1ccccc1c1c3c2ccccc2n1-c1ccccc1. The molecule has 0 fully saturated rings. The molecule has 1 heteroatoms. The molecule has 8 rings (SSSR count). The van der Waals surface area contributed by atoms with E-state index in [1.54, 1.807) is 0 Å². The summed E-state index contributed by atoms with van der Waals surface area (Å²) in [6, 6.07) is 42.4. The summed E-state index contributed by atoms with van der Waals surface area (Å²) in [5.74, 6) is 0. The highest BCUT2D eigenvalue weighted by Gasteiger charge is 2.37. The minimum absolute atomic E-state index is 0.0698. The maximum absolute atomic E-state index is 2.46. The van der Waals surface area contributed by atoms with Crippen molar-refractivity contribution in [3.05, 3.63) is 126 Å². The number of nitrogens with zero attached hydrogens (tertiary/aromatic N) is 1. The standard InChI is InChI=1S/C35H25N/c1-35(2)29-18-10-8-14-23(29)25-20-21-28-31(33(25)35)24-15-6-7-16-26(24)34-32(28)27-17-9-11-19-30(27)36(34)22-12-4-3-5-13-22/h3-21H,1-2H3. The maximum Gasteiger partial charge on any atom is 0.0625 e. The number of hydrogen-bond acceptors (Lipinski definition) is 0. The van der Waals surface area contributed by atoms with E-state index >= 15 is 0 Å². The lowest BCUT2D eigenvalue weighted by atomic mass is 9.78. The zero-order chi connectivity index (χ0) is 24.0. The van der Waals surface area contributed by atoms with Gasteiger partial charge < -0.3 is 4.57 Å². The van der Waals surface area contributed by atoms with Crippen molar-refractivity contribution in [1.82, 2.24) is 4.57 Å². The van der Waals surface area contributed by atoms with Crippen molar-refractivity contribution in [3.63, 3.8) is 0 Å². The molecule has 36 heavy (non-hydrogen) atoms. The molecule has 1 nitrogen and oxygen atoms in total. The second-order valence-corrected chi connectivity index (χ2v) is 10.5. The van der Waals surface area contributed by atoms with Crippen molar-refractivity contribution in [3.8, 4) is 16.8 Å². The summed E-state index contributed by atoms with van der Waals surface area (Å²) in [6.07, 6.45) is 0. The molecule has 0 N–H and O–H groups in total. The van der Waals surface area contributed by atoms with Crippen molar-refractivity contribution >= 4 is 43.4 Å². The zero-order valence-electron chi connectivity index (χ0n) is 20.4. The number of benzene rings is 6. The monoisotopic (exact) mass is 459 g/mol. The Morgan fingerprint density at radius 2 is 1.17 bits per heavy atom. The highest BCUT2D eigenvalue weighted by Crippen LogP contribution is 2.54. The van der Waals surface area contributed by atoms with Gasteiger partial charge in [0.15, 0.2) is 0 Å². The van der Waals surface area contributed by atoms with E-state index in [2.05, 4.69) is 134 Å². The fourth-order valence-electron chi connectivity index (χ4n) is 6.88. The smallest absolute Gasteiger partial charge is 0.0625 e. The van der Waals surface area contributed by atoms with E-state index in [4.69, 9.17) is 0 Å². The number of fused-ring (bicyclic) bond motifs is 12. The van der Waals surface area contributed by atoms with Gasteiger partial charge >= 0.3 is 0 Å². The zero-order valence-corrected chi connectivity index (χ0v) is 20.4. The van der Waals surface area contributed by atoms with Crippen molar-refractivity contribution in [2.24, 2.45) is 0 Å². The second kappa shape index (κ2) is 6.86. The van der Waals surface area contributed by atoms with Gasteiger partial charge in [0.05, 0.1) is 11.0 Å². The lowest BCUT2D eigenvalue weighted by Crippen LogP contribution is -2.15. The van der Waals surface area contributed by atoms with Crippen molar-refractivity contribution in [1.29, 1.82) is 0 Å². The summed E-state index contributed by atoms with van der Waals surface area (Å²) >= 11 is 0. The normalized spacial score (nSPS) is 14.1. The Balaban J connectivity index is 1.68. The molecule has 0 atom stereocenters. The van der Waals surface area contributed by atoms with Crippen LogP contribution < -0.4 is 0 Å². The molecule has 0 saturated carbocycles. The van der Waals surface area contributed by atoms with Gasteiger partial charge in [-0.2, -0.15) is 0 Å². The van der Waals surface area contributed by atoms with Crippen LogP contribution in [0.4, 0.5) is 0 Å². The molecule has 0 unspecified atom stereocenters. The van der Waals surface area contributed by atoms with Gasteiger partial charge in [-0.1, -0.05) is 111 Å². The molecule has 1 heterocycles. The third-order valence-electron chi connectivity index (χ3n) is 8.33. The molecular formula is C35H25N. The maximum atomic E-state index is 2.46. The minimum Gasteiger partial charge on any atom is -0.309 e. The Morgan fingerprint density at radius 3 is 2.00 bits per heavy atom. The summed E-state index contributed by atoms with van der Waals surface area (Å²) < 4.78 is 2.46. The molecule has 6 aromatic carbocycles. The predicted molar refractivity (Wildman–Crippen MR) is 153 cm³/mol.